The van der Waals surface area contributed by atoms with E-state index < -0.39 is 12.1 Å². The Hall–Kier alpha value is -0.940. The number of halogens is 3. The van der Waals surface area contributed by atoms with Gasteiger partial charge in [-0.3, -0.25) is 0 Å². The maximum atomic E-state index is 12.3. The Kier molecular flexibility index (Phi) is 3.60. The molecule has 3 nitrogen and oxygen atoms in total. The average molecular weight is 223 g/mol. The van der Waals surface area contributed by atoms with Crippen LogP contribution in [0.15, 0.2) is 6.07 Å². The van der Waals surface area contributed by atoms with Gasteiger partial charge in [0.1, 0.15) is 5.69 Å². The number of methoxy groups -OCH3 is 1. The molecule has 0 amide bonds. The molecular weight excluding hydrogens is 214 g/mol. The fraction of sp³-hybridized carbons (Fsp3) is 0.375. The first-order valence-electron chi connectivity index (χ1n) is 3.81. The molecule has 0 saturated carbocycles. The molecule has 0 spiro atoms. The van der Waals surface area contributed by atoms with Gasteiger partial charge < -0.3 is 10.5 Å². The summed E-state index contributed by atoms with van der Waals surface area (Å²) >= 11 is 5.70. The van der Waals surface area contributed by atoms with E-state index in [1.165, 1.54) is 7.11 Å². The number of alkyl halides is 2. The summed E-state index contributed by atoms with van der Waals surface area (Å²) in [7, 11) is 1.38. The minimum atomic E-state index is -2.66. The van der Waals surface area contributed by atoms with E-state index in [0.717, 1.165) is 6.07 Å². The van der Waals surface area contributed by atoms with E-state index in [4.69, 9.17) is 22.1 Å². The lowest BCUT2D eigenvalue weighted by molar-refractivity contribution is 0.145. The molecule has 1 heterocycles. The summed E-state index contributed by atoms with van der Waals surface area (Å²) in [6, 6.07) is 1.07. The number of hydrogen-bond donors (Lipinski definition) is 1. The summed E-state index contributed by atoms with van der Waals surface area (Å²) in [6.45, 7) is 0.00343. The average Bonchev–Trinajstić information content (AvgIpc) is 2.16. The van der Waals surface area contributed by atoms with Crippen molar-refractivity contribution in [1.29, 1.82) is 0 Å². The highest BCUT2D eigenvalue weighted by atomic mass is 35.5. The van der Waals surface area contributed by atoms with Crippen molar-refractivity contribution < 1.29 is 13.5 Å². The van der Waals surface area contributed by atoms with E-state index in [-0.39, 0.29) is 23.0 Å². The van der Waals surface area contributed by atoms with Crippen molar-refractivity contribution in [2.45, 2.75) is 13.0 Å². The number of pyridine rings is 1. The fourth-order valence-electron chi connectivity index (χ4n) is 1.04. The highest BCUT2D eigenvalue weighted by molar-refractivity contribution is 6.32. The topological polar surface area (TPSA) is 48.1 Å². The molecule has 0 unspecified atom stereocenters. The molecule has 0 radical (unpaired) electrons. The Bertz CT molecular complexity index is 333. The second kappa shape index (κ2) is 4.52. The maximum absolute atomic E-state index is 12.3. The van der Waals surface area contributed by atoms with Gasteiger partial charge in [-0.25, -0.2) is 13.8 Å². The first-order chi connectivity index (χ1) is 6.60. The smallest absolute Gasteiger partial charge is 0.280 e. The van der Waals surface area contributed by atoms with E-state index in [0.29, 0.717) is 0 Å². The largest absolute Gasteiger partial charge is 0.493 e. The van der Waals surface area contributed by atoms with Crippen molar-refractivity contribution >= 4 is 11.6 Å². The number of nitrogens with zero attached hydrogens (tertiary/aromatic N) is 1. The number of nitrogens with two attached hydrogens (primary N) is 1. The molecule has 0 bridgehead atoms. The van der Waals surface area contributed by atoms with E-state index >= 15 is 0 Å². The van der Waals surface area contributed by atoms with Gasteiger partial charge in [0.2, 0.25) is 0 Å². The molecule has 1 rings (SSSR count). The third kappa shape index (κ3) is 2.10. The van der Waals surface area contributed by atoms with Crippen LogP contribution in [0.3, 0.4) is 0 Å². The number of hydrogen-bond acceptors (Lipinski definition) is 3. The van der Waals surface area contributed by atoms with E-state index in [2.05, 4.69) is 4.98 Å². The highest BCUT2D eigenvalue weighted by Gasteiger charge is 2.16. The molecule has 0 aliphatic rings. The van der Waals surface area contributed by atoms with Gasteiger partial charge in [-0.2, -0.15) is 0 Å². The Labute approximate surface area is 84.8 Å². The van der Waals surface area contributed by atoms with Crippen LogP contribution in [0.4, 0.5) is 8.78 Å². The molecule has 14 heavy (non-hydrogen) atoms. The molecule has 0 fully saturated rings. The van der Waals surface area contributed by atoms with Crippen LogP contribution in [-0.4, -0.2) is 12.1 Å². The summed E-state index contributed by atoms with van der Waals surface area (Å²) in [4.78, 5) is 3.64. The second-order valence-corrected chi connectivity index (χ2v) is 2.92. The molecule has 0 aromatic carbocycles. The van der Waals surface area contributed by atoms with Crippen molar-refractivity contribution in [3.63, 3.8) is 0 Å². The maximum Gasteiger partial charge on any atom is 0.280 e. The minimum Gasteiger partial charge on any atom is -0.493 e. The van der Waals surface area contributed by atoms with Gasteiger partial charge in [0.15, 0.2) is 5.75 Å². The quantitative estimate of drug-likeness (QED) is 0.853. The van der Waals surface area contributed by atoms with Gasteiger partial charge >= 0.3 is 0 Å². The van der Waals surface area contributed by atoms with Crippen molar-refractivity contribution in [2.75, 3.05) is 7.11 Å². The number of rotatable bonds is 3. The molecular formula is C8H9ClF2N2O. The zero-order chi connectivity index (χ0) is 10.7. The summed E-state index contributed by atoms with van der Waals surface area (Å²) in [5, 5.41) is 0.0956. The number of ether oxygens (including phenoxy) is 1. The molecule has 1 aromatic rings. The Morgan fingerprint density at radius 2 is 2.29 bits per heavy atom. The van der Waals surface area contributed by atoms with Crippen LogP contribution in [0.25, 0.3) is 0 Å². The monoisotopic (exact) mass is 222 g/mol. The predicted molar refractivity (Wildman–Crippen MR) is 48.6 cm³/mol. The zero-order valence-electron chi connectivity index (χ0n) is 7.43. The molecule has 0 aliphatic carbocycles. The van der Waals surface area contributed by atoms with Gasteiger partial charge in [0, 0.05) is 6.54 Å². The number of aromatic nitrogens is 1. The van der Waals surface area contributed by atoms with Gasteiger partial charge in [-0.05, 0) is 6.07 Å². The summed E-state index contributed by atoms with van der Waals surface area (Å²) in [6.07, 6.45) is -2.66. The lowest BCUT2D eigenvalue weighted by atomic mass is 10.2. The Morgan fingerprint density at radius 1 is 1.64 bits per heavy atom. The first-order valence-corrected chi connectivity index (χ1v) is 4.19. The lowest BCUT2D eigenvalue weighted by Gasteiger charge is -2.09. The molecule has 0 atom stereocenters. The van der Waals surface area contributed by atoms with E-state index in [1.807, 2.05) is 0 Å². The van der Waals surface area contributed by atoms with Crippen LogP contribution in [-0.2, 0) is 6.54 Å². The highest BCUT2D eigenvalue weighted by Crippen LogP contribution is 2.30. The van der Waals surface area contributed by atoms with Crippen molar-refractivity contribution in [2.24, 2.45) is 5.73 Å². The Morgan fingerprint density at radius 3 is 2.71 bits per heavy atom. The molecule has 78 valence electrons. The van der Waals surface area contributed by atoms with Crippen molar-refractivity contribution in [3.8, 4) is 5.75 Å². The van der Waals surface area contributed by atoms with Crippen LogP contribution in [0.2, 0.25) is 5.02 Å². The van der Waals surface area contributed by atoms with Crippen LogP contribution >= 0.6 is 11.6 Å². The third-order valence-corrected chi connectivity index (χ3v) is 1.92. The fourth-order valence-corrected chi connectivity index (χ4v) is 1.34. The van der Waals surface area contributed by atoms with Gasteiger partial charge in [0.05, 0.1) is 17.8 Å². The molecule has 0 aliphatic heterocycles. The van der Waals surface area contributed by atoms with Crippen LogP contribution < -0.4 is 10.5 Å². The first kappa shape index (κ1) is 11.1. The van der Waals surface area contributed by atoms with Gasteiger partial charge in [-0.15, -0.1) is 0 Å². The lowest BCUT2D eigenvalue weighted by Crippen LogP contribution is -2.06. The van der Waals surface area contributed by atoms with Crippen molar-refractivity contribution in [1.82, 2.24) is 4.98 Å². The standard InChI is InChI=1S/C8H9ClF2N2O/c1-14-7-4(9)2-5(8(10)11)13-6(7)3-12/h2,8H,3,12H2,1H3. The van der Waals surface area contributed by atoms with Crippen LogP contribution in [0, 0.1) is 0 Å². The third-order valence-electron chi connectivity index (χ3n) is 1.64. The minimum absolute atomic E-state index is 0.00343. The summed E-state index contributed by atoms with van der Waals surface area (Å²) in [5.41, 5.74) is 5.16. The van der Waals surface area contributed by atoms with Gasteiger partial charge in [0.25, 0.3) is 6.43 Å². The van der Waals surface area contributed by atoms with Crippen LogP contribution in [0.1, 0.15) is 17.8 Å². The predicted octanol–water partition coefficient (Wildman–Crippen LogP) is 2.14. The van der Waals surface area contributed by atoms with Gasteiger partial charge in [-0.1, -0.05) is 11.6 Å². The van der Waals surface area contributed by atoms with Crippen LogP contribution in [0.5, 0.6) is 5.75 Å². The second-order valence-electron chi connectivity index (χ2n) is 2.51. The van der Waals surface area contributed by atoms with E-state index in [9.17, 15) is 8.78 Å². The molecule has 2 N–H and O–H groups in total. The molecule has 6 heteroatoms. The van der Waals surface area contributed by atoms with E-state index in [1.54, 1.807) is 0 Å². The zero-order valence-corrected chi connectivity index (χ0v) is 8.18. The Balaban J connectivity index is 3.24. The summed E-state index contributed by atoms with van der Waals surface area (Å²) < 4.78 is 29.5. The SMILES string of the molecule is COc1c(Cl)cc(C(F)F)nc1CN. The summed E-state index contributed by atoms with van der Waals surface area (Å²) in [5.74, 6) is 0.249. The molecule has 1 aromatic heterocycles. The molecule has 0 saturated heterocycles. The normalized spacial score (nSPS) is 10.7. The van der Waals surface area contributed by atoms with Crippen molar-refractivity contribution in [3.05, 3.63) is 22.5 Å².